The van der Waals surface area contributed by atoms with E-state index in [0.29, 0.717) is 43.5 Å². The van der Waals surface area contributed by atoms with E-state index in [1.165, 1.54) is 12.5 Å². The van der Waals surface area contributed by atoms with Crippen molar-refractivity contribution < 1.29 is 9.59 Å². The first-order chi connectivity index (χ1) is 13.3. The monoisotopic (exact) mass is 384 g/mol. The van der Waals surface area contributed by atoms with Crippen molar-refractivity contribution in [1.29, 1.82) is 5.41 Å². The van der Waals surface area contributed by atoms with Crippen LogP contribution in [0.15, 0.2) is 22.8 Å². The molecule has 0 saturated carbocycles. The highest BCUT2D eigenvalue weighted by Gasteiger charge is 2.30. The van der Waals surface area contributed by atoms with Gasteiger partial charge >= 0.3 is 0 Å². The molecule has 6 N–H and O–H groups in total. The number of allylic oxidation sites excluding steroid dienone is 4. The fourth-order valence-electron chi connectivity index (χ4n) is 4.08. The van der Waals surface area contributed by atoms with E-state index in [-0.39, 0.29) is 23.2 Å². The number of nitrogens with one attached hydrogen (secondary N) is 2. The summed E-state index contributed by atoms with van der Waals surface area (Å²) < 4.78 is 1.81. The van der Waals surface area contributed by atoms with Crippen LogP contribution in [0.25, 0.3) is 0 Å². The lowest BCUT2D eigenvalue weighted by atomic mass is 9.81. The van der Waals surface area contributed by atoms with E-state index < -0.39 is 0 Å². The number of anilines is 1. The van der Waals surface area contributed by atoms with Crippen LogP contribution in [-0.4, -0.2) is 33.6 Å². The highest BCUT2D eigenvalue weighted by Crippen LogP contribution is 2.39. The molecule has 1 aromatic heterocycles. The molecule has 1 heterocycles. The Hall–Kier alpha value is -2.90. The van der Waals surface area contributed by atoms with E-state index in [0.717, 1.165) is 30.4 Å². The summed E-state index contributed by atoms with van der Waals surface area (Å²) in [7, 11) is 0. The smallest absolute Gasteiger partial charge is 0.216 e. The molecular formula is C20H28N6O2. The van der Waals surface area contributed by atoms with E-state index in [1.807, 2.05) is 6.08 Å². The van der Waals surface area contributed by atoms with Gasteiger partial charge in [0, 0.05) is 38.4 Å². The topological polar surface area (TPSA) is 140 Å². The summed E-state index contributed by atoms with van der Waals surface area (Å²) in [5.74, 6) is 1.32. The van der Waals surface area contributed by atoms with Crippen LogP contribution in [0, 0.1) is 11.3 Å². The van der Waals surface area contributed by atoms with Crippen LogP contribution in [0.2, 0.25) is 0 Å². The second-order valence-electron chi connectivity index (χ2n) is 7.46. The van der Waals surface area contributed by atoms with Crippen LogP contribution in [0.3, 0.4) is 0 Å². The molecule has 1 aromatic rings. The molecule has 3 rings (SSSR count). The number of amides is 1. The molecule has 0 fully saturated rings. The first kappa shape index (κ1) is 19.9. The highest BCUT2D eigenvalue weighted by atomic mass is 16.1. The molecule has 150 valence electrons. The molecule has 0 saturated heterocycles. The second kappa shape index (κ2) is 8.00. The third kappa shape index (κ3) is 3.85. The van der Waals surface area contributed by atoms with Gasteiger partial charge in [0.2, 0.25) is 5.91 Å². The SMILES string of the molecule is CCC1CC2=C(C=C1Cc1nc(C(=N)N)c(N)n1CCNC(C)=O)C(=O)CC2. The molecule has 1 atom stereocenters. The summed E-state index contributed by atoms with van der Waals surface area (Å²) >= 11 is 0. The number of imidazole rings is 1. The molecule has 0 aromatic carbocycles. The molecule has 28 heavy (non-hydrogen) atoms. The van der Waals surface area contributed by atoms with Gasteiger partial charge in [-0.25, -0.2) is 4.98 Å². The van der Waals surface area contributed by atoms with Gasteiger partial charge < -0.3 is 21.4 Å². The zero-order chi connectivity index (χ0) is 20.4. The van der Waals surface area contributed by atoms with Gasteiger partial charge in [0.1, 0.15) is 23.2 Å². The average molecular weight is 384 g/mol. The minimum Gasteiger partial charge on any atom is -0.383 e. The first-order valence-corrected chi connectivity index (χ1v) is 9.71. The number of amidine groups is 1. The maximum atomic E-state index is 12.2. The third-order valence-corrected chi connectivity index (χ3v) is 5.59. The number of nitrogen functional groups attached to an aromatic ring is 2. The summed E-state index contributed by atoms with van der Waals surface area (Å²) in [4.78, 5) is 27.9. The van der Waals surface area contributed by atoms with Gasteiger partial charge in [0.25, 0.3) is 0 Å². The van der Waals surface area contributed by atoms with Crippen molar-refractivity contribution in [3.63, 3.8) is 0 Å². The van der Waals surface area contributed by atoms with Crippen LogP contribution < -0.4 is 16.8 Å². The number of aromatic nitrogens is 2. The van der Waals surface area contributed by atoms with E-state index in [2.05, 4.69) is 17.2 Å². The van der Waals surface area contributed by atoms with E-state index in [9.17, 15) is 9.59 Å². The Balaban J connectivity index is 1.92. The van der Waals surface area contributed by atoms with E-state index in [1.54, 1.807) is 4.57 Å². The van der Waals surface area contributed by atoms with Crippen molar-refractivity contribution in [2.75, 3.05) is 12.3 Å². The predicted octanol–water partition coefficient (Wildman–Crippen LogP) is 1.44. The van der Waals surface area contributed by atoms with E-state index >= 15 is 0 Å². The van der Waals surface area contributed by atoms with Crippen molar-refractivity contribution in [1.82, 2.24) is 14.9 Å². The van der Waals surface area contributed by atoms with Gasteiger partial charge in [-0.1, -0.05) is 24.1 Å². The lowest BCUT2D eigenvalue weighted by Crippen LogP contribution is -2.26. The number of hydrogen-bond acceptors (Lipinski definition) is 5. The fraction of sp³-hybridized carbons (Fsp3) is 0.500. The summed E-state index contributed by atoms with van der Waals surface area (Å²) in [6.45, 7) is 4.46. The maximum absolute atomic E-state index is 12.2. The zero-order valence-corrected chi connectivity index (χ0v) is 16.5. The normalized spacial score (nSPS) is 18.9. The molecular weight excluding hydrogens is 356 g/mol. The number of hydrogen-bond donors (Lipinski definition) is 4. The molecule has 2 aliphatic carbocycles. The van der Waals surface area contributed by atoms with Crippen molar-refractivity contribution in [2.24, 2.45) is 11.7 Å². The largest absolute Gasteiger partial charge is 0.383 e. The van der Waals surface area contributed by atoms with Gasteiger partial charge in [0.15, 0.2) is 5.78 Å². The van der Waals surface area contributed by atoms with Gasteiger partial charge in [-0.2, -0.15) is 0 Å². The van der Waals surface area contributed by atoms with Crippen LogP contribution >= 0.6 is 0 Å². The Bertz CT molecular complexity index is 893. The lowest BCUT2D eigenvalue weighted by molar-refractivity contribution is -0.119. The number of ketones is 1. The summed E-state index contributed by atoms with van der Waals surface area (Å²) in [5, 5.41) is 10.5. The number of carbonyl (C=O) groups excluding carboxylic acids is 2. The number of Topliss-reactive ketones (excluding diaryl/α,β-unsaturated/α-hetero) is 1. The van der Waals surface area contributed by atoms with Crippen molar-refractivity contribution in [3.05, 3.63) is 34.3 Å². The Morgan fingerprint density at radius 2 is 2.18 bits per heavy atom. The van der Waals surface area contributed by atoms with E-state index in [4.69, 9.17) is 16.9 Å². The number of carbonyl (C=O) groups is 2. The van der Waals surface area contributed by atoms with Crippen LogP contribution in [0.1, 0.15) is 51.0 Å². The molecule has 2 aliphatic rings. The molecule has 1 amide bonds. The Morgan fingerprint density at radius 3 is 2.82 bits per heavy atom. The van der Waals surface area contributed by atoms with Crippen LogP contribution in [-0.2, 0) is 22.6 Å². The third-order valence-electron chi connectivity index (χ3n) is 5.59. The number of nitrogens with two attached hydrogens (primary N) is 2. The highest BCUT2D eigenvalue weighted by molar-refractivity contribution is 6.01. The standard InChI is InChI=1S/C20H28N6O2/c1-3-12-8-13-4-5-16(28)15(13)9-14(12)10-17-25-18(19(21)22)20(23)26(17)7-6-24-11(2)27/h9,12H,3-8,10,23H2,1-2H3,(H3,21,22)(H,24,27). The quantitative estimate of drug-likeness (QED) is 0.416. The average Bonchev–Trinajstić information content (AvgIpc) is 3.15. The molecule has 1 unspecified atom stereocenters. The summed E-state index contributed by atoms with van der Waals surface area (Å²) in [5.41, 5.74) is 15.4. The number of nitrogens with zero attached hydrogens (tertiary/aromatic N) is 2. The van der Waals surface area contributed by atoms with Crippen LogP contribution in [0.4, 0.5) is 5.82 Å². The zero-order valence-electron chi connectivity index (χ0n) is 16.5. The van der Waals surface area contributed by atoms with Gasteiger partial charge in [0.05, 0.1) is 0 Å². The Morgan fingerprint density at radius 1 is 1.43 bits per heavy atom. The summed E-state index contributed by atoms with van der Waals surface area (Å²) in [6, 6.07) is 0. The molecule has 8 heteroatoms. The lowest BCUT2D eigenvalue weighted by Gasteiger charge is -2.24. The molecule has 0 bridgehead atoms. The van der Waals surface area contributed by atoms with Gasteiger partial charge in [-0.3, -0.25) is 15.0 Å². The van der Waals surface area contributed by atoms with Crippen molar-refractivity contribution in [3.8, 4) is 0 Å². The van der Waals surface area contributed by atoms with Crippen molar-refractivity contribution in [2.45, 2.75) is 52.5 Å². The molecule has 0 aliphatic heterocycles. The minimum atomic E-state index is -0.183. The maximum Gasteiger partial charge on any atom is 0.216 e. The minimum absolute atomic E-state index is 0.118. The predicted molar refractivity (Wildman–Crippen MR) is 108 cm³/mol. The Labute approximate surface area is 164 Å². The molecule has 0 radical (unpaired) electrons. The Kier molecular flexibility index (Phi) is 5.67. The molecule has 8 nitrogen and oxygen atoms in total. The van der Waals surface area contributed by atoms with Crippen molar-refractivity contribution >= 4 is 23.3 Å². The number of rotatable bonds is 7. The second-order valence-corrected chi connectivity index (χ2v) is 7.46. The fourth-order valence-corrected chi connectivity index (χ4v) is 4.08. The van der Waals surface area contributed by atoms with Gasteiger partial charge in [-0.15, -0.1) is 0 Å². The molecule has 0 spiro atoms. The van der Waals surface area contributed by atoms with Crippen LogP contribution in [0.5, 0.6) is 0 Å². The summed E-state index contributed by atoms with van der Waals surface area (Å²) in [6.07, 6.45) is 5.97. The first-order valence-electron chi connectivity index (χ1n) is 9.71. The van der Waals surface area contributed by atoms with Gasteiger partial charge in [-0.05, 0) is 25.2 Å².